The fraction of sp³-hybridized carbons (Fsp3) is 0.531. The lowest BCUT2D eigenvalue weighted by atomic mass is 9.76. The minimum absolute atomic E-state index is 0.102. The van der Waals surface area contributed by atoms with Gasteiger partial charge in [-0.1, -0.05) is 147 Å². The highest BCUT2D eigenvalue weighted by molar-refractivity contribution is 8.15. The first-order valence-corrected chi connectivity index (χ1v) is 31.9. The Hall–Kier alpha value is -2.72. The second-order valence-corrected chi connectivity index (χ2v) is 32.9. The highest BCUT2D eigenvalue weighted by atomic mass is 32.2. The maximum atomic E-state index is 14.0. The summed E-state index contributed by atoms with van der Waals surface area (Å²) in [5.41, 5.74) is 3.04. The average Bonchev–Trinajstić information content (AvgIpc) is 4.13. The highest BCUT2D eigenvalue weighted by Gasteiger charge is 2.32. The zero-order chi connectivity index (χ0) is 51.9. The number of thiophene rings is 4. The molecule has 4 unspecified atom stereocenters. The van der Waals surface area contributed by atoms with Crippen LogP contribution in [0.1, 0.15) is 181 Å². The first-order valence-electron chi connectivity index (χ1n) is 27.0. The molecule has 0 spiro atoms. The third kappa shape index (κ3) is 14.0. The summed E-state index contributed by atoms with van der Waals surface area (Å²) in [4.78, 5) is 40.1. The van der Waals surface area contributed by atoms with Gasteiger partial charge in [0.2, 0.25) is 10.2 Å². The van der Waals surface area contributed by atoms with E-state index in [1.54, 1.807) is 22.7 Å². The molecule has 386 valence electrons. The van der Waals surface area contributed by atoms with E-state index in [0.29, 0.717) is 45.3 Å². The lowest BCUT2D eigenvalue weighted by molar-refractivity contribution is -0.106. The van der Waals surface area contributed by atoms with E-state index in [2.05, 4.69) is 170 Å². The summed E-state index contributed by atoms with van der Waals surface area (Å²) in [5.74, 6) is 2.70. The lowest BCUT2D eigenvalue weighted by Gasteiger charge is -2.30. The van der Waals surface area contributed by atoms with Gasteiger partial charge in [-0.3, -0.25) is 9.59 Å². The summed E-state index contributed by atoms with van der Waals surface area (Å²) >= 11 is 10.0. The lowest BCUT2D eigenvalue weighted by Crippen LogP contribution is -2.20. The number of carbonyl (C=O) groups is 2. The SMILES string of the molecule is CC(CC(C)(C)C)C(CCCCC(C)(C)C)Cc1ccc(-c2ccc(C3=c4ccc5c6c(ccc5c4SC3=O)=C(c3ccc(-c4ccc(CC(CCCCC(C)(C)C)C(C)CC(C)(C)C)s4)s3)C(=O)S6)s2)s1. The van der Waals surface area contributed by atoms with Crippen molar-refractivity contribution in [2.24, 2.45) is 45.3 Å². The Morgan fingerprint density at radius 3 is 1.11 bits per heavy atom. The first-order chi connectivity index (χ1) is 33.8. The van der Waals surface area contributed by atoms with Crippen LogP contribution in [0.3, 0.4) is 0 Å². The molecule has 2 aromatic carbocycles. The average molecular weight is 1080 g/mol. The molecule has 0 aliphatic carbocycles. The number of hydrogen-bond acceptors (Lipinski definition) is 8. The van der Waals surface area contributed by atoms with Crippen molar-refractivity contribution in [1.29, 1.82) is 0 Å². The van der Waals surface area contributed by atoms with E-state index in [-0.39, 0.29) is 10.2 Å². The zero-order valence-electron chi connectivity index (χ0n) is 46.0. The van der Waals surface area contributed by atoms with E-state index in [1.165, 1.54) is 117 Å². The van der Waals surface area contributed by atoms with Crippen molar-refractivity contribution in [1.82, 2.24) is 0 Å². The van der Waals surface area contributed by atoms with Crippen molar-refractivity contribution in [2.45, 2.75) is 184 Å². The number of hydrogen-bond donors (Lipinski definition) is 0. The van der Waals surface area contributed by atoms with Crippen LogP contribution in [0.5, 0.6) is 0 Å². The van der Waals surface area contributed by atoms with E-state index in [4.69, 9.17) is 0 Å². The molecule has 8 rings (SSSR count). The molecule has 4 aromatic heterocycles. The summed E-state index contributed by atoms with van der Waals surface area (Å²) < 4.78 is 0. The van der Waals surface area contributed by atoms with Gasteiger partial charge >= 0.3 is 0 Å². The van der Waals surface area contributed by atoms with Crippen molar-refractivity contribution in [3.05, 3.63) is 103 Å². The Morgan fingerprint density at radius 2 is 0.750 bits per heavy atom. The molecule has 2 aliphatic heterocycles. The molecule has 2 nitrogen and oxygen atoms in total. The van der Waals surface area contributed by atoms with Crippen LogP contribution in [-0.4, -0.2) is 10.2 Å². The molecule has 0 saturated heterocycles. The van der Waals surface area contributed by atoms with Gasteiger partial charge in [0.05, 0.1) is 11.1 Å². The van der Waals surface area contributed by atoms with Crippen LogP contribution in [0.25, 0.3) is 41.4 Å². The minimum atomic E-state index is 0.102. The summed E-state index contributed by atoms with van der Waals surface area (Å²) in [5, 5.41) is 4.32. The summed E-state index contributed by atoms with van der Waals surface area (Å²) in [6.07, 6.45) is 15.1. The van der Waals surface area contributed by atoms with Crippen LogP contribution in [0.15, 0.2) is 82.6 Å². The molecule has 6 aromatic rings. The van der Waals surface area contributed by atoms with Gasteiger partial charge in [-0.2, -0.15) is 0 Å². The molecule has 0 fully saturated rings. The minimum Gasteiger partial charge on any atom is -0.281 e. The monoisotopic (exact) mass is 1070 g/mol. The van der Waals surface area contributed by atoms with E-state index in [0.717, 1.165) is 64.7 Å². The van der Waals surface area contributed by atoms with E-state index < -0.39 is 0 Å². The topological polar surface area (TPSA) is 34.1 Å². The third-order valence-corrected chi connectivity index (χ3v) is 21.7. The molecule has 6 heterocycles. The molecule has 0 saturated carbocycles. The molecular weight excluding hydrogens is 993 g/mol. The number of thioether (sulfide) groups is 2. The Balaban J connectivity index is 1.00. The smallest absolute Gasteiger partial charge is 0.226 e. The van der Waals surface area contributed by atoms with Crippen molar-refractivity contribution < 1.29 is 9.59 Å². The van der Waals surface area contributed by atoms with Crippen LogP contribution >= 0.6 is 68.9 Å². The summed E-state index contributed by atoms with van der Waals surface area (Å²) in [6.45, 7) is 33.4. The predicted octanol–water partition coefficient (Wildman–Crippen LogP) is 19.8. The maximum Gasteiger partial charge on any atom is 0.226 e. The molecule has 0 amide bonds. The Labute approximate surface area is 458 Å². The number of fused-ring (bicyclic) bond motifs is 5. The Bertz CT molecular complexity index is 2810. The third-order valence-electron chi connectivity index (χ3n) is 14.9. The van der Waals surface area contributed by atoms with E-state index in [9.17, 15) is 9.59 Å². The predicted molar refractivity (Wildman–Crippen MR) is 322 cm³/mol. The van der Waals surface area contributed by atoms with Gasteiger partial charge in [-0.05, 0) is 180 Å². The number of benzene rings is 2. The van der Waals surface area contributed by atoms with Crippen LogP contribution in [-0.2, 0) is 22.4 Å². The number of rotatable bonds is 20. The normalized spacial score (nSPS) is 16.2. The van der Waals surface area contributed by atoms with Gasteiger partial charge in [0, 0.05) is 59.2 Å². The molecule has 0 N–H and O–H groups in total. The van der Waals surface area contributed by atoms with Gasteiger partial charge in [0.25, 0.3) is 0 Å². The van der Waals surface area contributed by atoms with Gasteiger partial charge in [0.1, 0.15) is 0 Å². The van der Waals surface area contributed by atoms with E-state index >= 15 is 0 Å². The van der Waals surface area contributed by atoms with Crippen LogP contribution in [0.2, 0.25) is 0 Å². The highest BCUT2D eigenvalue weighted by Crippen LogP contribution is 2.46. The van der Waals surface area contributed by atoms with E-state index in [1.807, 2.05) is 22.7 Å². The summed E-state index contributed by atoms with van der Waals surface area (Å²) in [6, 6.07) is 26.7. The van der Waals surface area contributed by atoms with Crippen LogP contribution in [0, 0.1) is 45.3 Å². The van der Waals surface area contributed by atoms with Gasteiger partial charge < -0.3 is 0 Å². The van der Waals surface area contributed by atoms with Crippen molar-refractivity contribution in [3.63, 3.8) is 0 Å². The van der Waals surface area contributed by atoms with Gasteiger partial charge in [0.15, 0.2) is 0 Å². The van der Waals surface area contributed by atoms with Crippen LogP contribution < -0.4 is 10.4 Å². The second kappa shape index (κ2) is 22.5. The molecule has 4 atom stereocenters. The van der Waals surface area contributed by atoms with Crippen molar-refractivity contribution >= 4 is 101 Å². The molecule has 2 aliphatic rings. The standard InChI is InChI=1S/C64H82O2S6/c1-39(37-63(9,10)11)41(19-15-17-33-61(3,4)5)35-43-21-27-49(67-43)51-29-31-53(69-51)55-47-25-23-46-45(57(47)71-59(55)65)24-26-48-56(60(66)72-58(46)48)54-32-30-52(70-54)50-28-22-44(68-50)36-42(40(2)38-64(12,13)14)20-16-18-34-62(6,7)8/h21-32,39-42H,15-20,33-38H2,1-14H3. The molecule has 8 heteroatoms. The number of unbranched alkanes of at least 4 members (excludes halogenated alkanes) is 2. The second-order valence-electron chi connectivity index (χ2n) is 26.4. The molecular formula is C64H82O2S6. The van der Waals surface area contributed by atoms with Crippen molar-refractivity contribution in [2.75, 3.05) is 0 Å². The zero-order valence-corrected chi connectivity index (χ0v) is 50.9. The molecule has 72 heavy (non-hydrogen) atoms. The maximum absolute atomic E-state index is 14.0. The fourth-order valence-corrected chi connectivity index (χ4v) is 18.3. The molecule has 0 bridgehead atoms. The Kier molecular flexibility index (Phi) is 17.3. The van der Waals surface area contributed by atoms with Gasteiger partial charge in [-0.15, -0.1) is 45.3 Å². The molecule has 0 radical (unpaired) electrons. The summed E-state index contributed by atoms with van der Waals surface area (Å²) in [7, 11) is 0. The quantitative estimate of drug-likeness (QED) is 0.0714. The first kappa shape index (κ1) is 55.5. The fourth-order valence-electron chi connectivity index (χ4n) is 11.5. The number of carbonyl (C=O) groups excluding carboxylic acids is 2. The van der Waals surface area contributed by atoms with Crippen molar-refractivity contribution in [3.8, 4) is 19.5 Å². The Morgan fingerprint density at radius 1 is 0.403 bits per heavy atom. The largest absolute Gasteiger partial charge is 0.281 e. The van der Waals surface area contributed by atoms with Crippen LogP contribution in [0.4, 0.5) is 0 Å². The van der Waals surface area contributed by atoms with Gasteiger partial charge in [-0.25, -0.2) is 0 Å².